The molecule has 15 atom stereocenters. The standard InChI is InChI=1S/C20H34F3N3O14/c21-20(22,23)19(35)26-9-13(33)15(39-17-8(25)11(31)10(30)4(1-27)37-17)6(3-29)38-18(9)40-14-5(2-28)36-16(34)7(24)12(14)32/h4-18,27-34H,1-3,24-25H2,(H,26,35)/t4-,5-,6-,7-,8-,9-,10-,11-,12-,13-,14-,15-,16-,17+,18+/m1/s1. The molecule has 0 aromatic carbocycles. The molecule has 3 heterocycles. The summed E-state index contributed by atoms with van der Waals surface area (Å²) in [6.07, 6.45) is -26.4. The van der Waals surface area contributed by atoms with Crippen LogP contribution in [0.1, 0.15) is 0 Å². The first-order valence-corrected chi connectivity index (χ1v) is 12.0. The molecule has 1 amide bonds. The highest BCUT2D eigenvalue weighted by atomic mass is 19.4. The third-order valence-electron chi connectivity index (χ3n) is 6.84. The lowest BCUT2D eigenvalue weighted by Crippen LogP contribution is -2.70. The lowest BCUT2D eigenvalue weighted by Gasteiger charge is -2.49. The summed E-state index contributed by atoms with van der Waals surface area (Å²) in [4.78, 5) is 11.8. The Bertz CT molecular complexity index is 844. The van der Waals surface area contributed by atoms with E-state index in [0.717, 1.165) is 0 Å². The van der Waals surface area contributed by atoms with Crippen molar-refractivity contribution in [3.05, 3.63) is 0 Å². The quantitative estimate of drug-likeness (QED) is 0.124. The molecule has 0 spiro atoms. The number of rotatable bonds is 8. The van der Waals surface area contributed by atoms with E-state index >= 15 is 0 Å². The zero-order valence-electron chi connectivity index (χ0n) is 20.6. The molecule has 0 aromatic rings. The summed E-state index contributed by atoms with van der Waals surface area (Å²) in [6.45, 7) is -2.68. The molecule has 13 N–H and O–H groups in total. The minimum absolute atomic E-state index is 0.813. The molecule has 17 nitrogen and oxygen atoms in total. The smallest absolute Gasteiger partial charge is 0.394 e. The number of nitrogens with one attached hydrogen (secondary N) is 1. The van der Waals surface area contributed by atoms with Crippen molar-refractivity contribution in [2.45, 2.75) is 98.1 Å². The maximum absolute atomic E-state index is 13.1. The summed E-state index contributed by atoms with van der Waals surface area (Å²) in [5.74, 6) is -2.55. The fourth-order valence-electron chi connectivity index (χ4n) is 4.54. The topological polar surface area (TPSA) is 289 Å². The molecule has 20 heteroatoms. The molecule has 0 aromatic heterocycles. The number of ether oxygens (including phenoxy) is 5. The van der Waals surface area contributed by atoms with E-state index in [0.29, 0.717) is 0 Å². The third kappa shape index (κ3) is 6.82. The van der Waals surface area contributed by atoms with Crippen LogP contribution in [0.15, 0.2) is 0 Å². The maximum Gasteiger partial charge on any atom is 0.471 e. The minimum Gasteiger partial charge on any atom is -0.394 e. The predicted octanol–water partition coefficient (Wildman–Crippen LogP) is -6.95. The van der Waals surface area contributed by atoms with Gasteiger partial charge in [0.15, 0.2) is 18.9 Å². The van der Waals surface area contributed by atoms with Gasteiger partial charge in [0, 0.05) is 0 Å². The number of amides is 1. The number of halogens is 3. The summed E-state index contributed by atoms with van der Waals surface area (Å²) in [7, 11) is 0. The second-order valence-corrected chi connectivity index (χ2v) is 9.51. The molecule has 0 bridgehead atoms. The molecule has 0 aliphatic carbocycles. The van der Waals surface area contributed by atoms with Crippen LogP contribution < -0.4 is 16.8 Å². The molecular formula is C20H34F3N3O14. The molecule has 3 aliphatic rings. The average molecular weight is 597 g/mol. The number of nitrogens with two attached hydrogens (primary N) is 2. The average Bonchev–Trinajstić information content (AvgIpc) is 2.91. The number of hydrogen-bond acceptors (Lipinski definition) is 16. The van der Waals surface area contributed by atoms with Gasteiger partial charge < -0.3 is 81.3 Å². The fraction of sp³-hybridized carbons (Fsp3) is 0.950. The highest BCUT2D eigenvalue weighted by Crippen LogP contribution is 2.32. The van der Waals surface area contributed by atoms with Crippen molar-refractivity contribution in [2.75, 3.05) is 19.8 Å². The Morgan fingerprint density at radius 3 is 1.77 bits per heavy atom. The first kappa shape index (κ1) is 33.2. The first-order chi connectivity index (χ1) is 18.7. The van der Waals surface area contributed by atoms with Crippen molar-refractivity contribution in [3.63, 3.8) is 0 Å². The van der Waals surface area contributed by atoms with E-state index in [1.165, 1.54) is 5.32 Å². The van der Waals surface area contributed by atoms with Gasteiger partial charge in [0.25, 0.3) is 0 Å². The summed E-state index contributed by atoms with van der Waals surface area (Å²) >= 11 is 0. The van der Waals surface area contributed by atoms with Crippen LogP contribution in [-0.4, -0.2) is 165 Å². The predicted molar refractivity (Wildman–Crippen MR) is 117 cm³/mol. The Morgan fingerprint density at radius 2 is 1.23 bits per heavy atom. The van der Waals surface area contributed by atoms with E-state index in [9.17, 15) is 58.8 Å². The summed E-state index contributed by atoms with van der Waals surface area (Å²) < 4.78 is 66.2. The van der Waals surface area contributed by atoms with Crippen LogP contribution >= 0.6 is 0 Å². The summed E-state index contributed by atoms with van der Waals surface area (Å²) in [5.41, 5.74) is 11.4. The second-order valence-electron chi connectivity index (χ2n) is 9.51. The van der Waals surface area contributed by atoms with E-state index in [-0.39, 0.29) is 0 Å². The normalized spacial score (nSPS) is 46.7. The molecule has 0 saturated carbocycles. The Morgan fingerprint density at radius 1 is 0.725 bits per heavy atom. The van der Waals surface area contributed by atoms with Gasteiger partial charge in [-0.05, 0) is 0 Å². The van der Waals surface area contributed by atoms with Crippen LogP contribution in [0.25, 0.3) is 0 Å². The van der Waals surface area contributed by atoms with E-state index < -0.39 is 124 Å². The molecule has 3 saturated heterocycles. The lowest BCUT2D eigenvalue weighted by molar-refractivity contribution is -0.350. The summed E-state index contributed by atoms with van der Waals surface area (Å²) in [5, 5.41) is 81.8. The highest BCUT2D eigenvalue weighted by molar-refractivity contribution is 5.82. The van der Waals surface area contributed by atoms with Crippen LogP contribution in [0, 0.1) is 0 Å². The zero-order chi connectivity index (χ0) is 30.1. The van der Waals surface area contributed by atoms with Gasteiger partial charge >= 0.3 is 12.1 Å². The van der Waals surface area contributed by atoms with Crippen molar-refractivity contribution in [2.24, 2.45) is 11.5 Å². The van der Waals surface area contributed by atoms with E-state index in [1.54, 1.807) is 0 Å². The molecule has 40 heavy (non-hydrogen) atoms. The van der Waals surface area contributed by atoms with Crippen LogP contribution in [0.3, 0.4) is 0 Å². The number of carbonyl (C=O) groups excluding carboxylic acids is 1. The van der Waals surface area contributed by atoms with Crippen molar-refractivity contribution in [3.8, 4) is 0 Å². The van der Waals surface area contributed by atoms with Crippen LogP contribution in [0.5, 0.6) is 0 Å². The van der Waals surface area contributed by atoms with Crippen LogP contribution in [0.2, 0.25) is 0 Å². The van der Waals surface area contributed by atoms with Crippen molar-refractivity contribution in [1.82, 2.24) is 5.32 Å². The van der Waals surface area contributed by atoms with Crippen LogP contribution in [-0.2, 0) is 28.5 Å². The Balaban J connectivity index is 1.90. The van der Waals surface area contributed by atoms with E-state index in [2.05, 4.69) is 0 Å². The molecule has 3 fully saturated rings. The van der Waals surface area contributed by atoms with Gasteiger partial charge in [0.05, 0.1) is 31.9 Å². The van der Waals surface area contributed by atoms with Gasteiger partial charge in [0.2, 0.25) is 0 Å². The highest BCUT2D eigenvalue weighted by Gasteiger charge is 2.54. The van der Waals surface area contributed by atoms with Gasteiger partial charge in [-0.1, -0.05) is 0 Å². The van der Waals surface area contributed by atoms with Gasteiger partial charge in [0.1, 0.15) is 61.0 Å². The molecule has 3 aliphatic heterocycles. The Labute approximate surface area is 223 Å². The Kier molecular flexibility index (Phi) is 11.0. The monoisotopic (exact) mass is 597 g/mol. The summed E-state index contributed by atoms with van der Waals surface area (Å²) in [6, 6.07) is -5.17. The fourth-order valence-corrected chi connectivity index (χ4v) is 4.54. The number of alkyl halides is 3. The maximum atomic E-state index is 13.1. The largest absolute Gasteiger partial charge is 0.471 e. The molecule has 0 radical (unpaired) electrons. The molecular weight excluding hydrogens is 563 g/mol. The number of aliphatic hydroxyl groups is 8. The van der Waals surface area contributed by atoms with Crippen LogP contribution in [0.4, 0.5) is 13.2 Å². The van der Waals surface area contributed by atoms with Gasteiger partial charge in [-0.3, -0.25) is 4.79 Å². The SMILES string of the molecule is N[C@@H]1[C@@H](O)[C@H](O[C@@H]2O[C@H](CO)[C@@H](O[C@@H]3O[C@H](CO)[C@@H](O)[C@H](O)[C@H]3N)[C@H](O)[C@H]2NC(=O)C(F)(F)F)[C@@H](CO)O[C@H]1O. The lowest BCUT2D eigenvalue weighted by atomic mass is 9.94. The number of aliphatic hydroxyl groups excluding tert-OH is 8. The van der Waals surface area contributed by atoms with Crippen molar-refractivity contribution >= 4 is 5.91 Å². The Hall–Kier alpha value is -1.34. The second kappa shape index (κ2) is 13.3. The van der Waals surface area contributed by atoms with Crippen molar-refractivity contribution < 1.29 is 82.5 Å². The van der Waals surface area contributed by atoms with Crippen molar-refractivity contribution in [1.29, 1.82) is 0 Å². The third-order valence-corrected chi connectivity index (χ3v) is 6.84. The molecule has 234 valence electrons. The minimum atomic E-state index is -5.45. The number of carbonyl (C=O) groups is 1. The van der Waals surface area contributed by atoms with Gasteiger partial charge in [-0.15, -0.1) is 0 Å². The number of hydrogen-bond donors (Lipinski definition) is 11. The first-order valence-electron chi connectivity index (χ1n) is 12.0. The molecule has 3 rings (SSSR count). The van der Waals surface area contributed by atoms with E-state index in [4.69, 9.17) is 35.2 Å². The van der Waals surface area contributed by atoms with Gasteiger partial charge in [-0.2, -0.15) is 13.2 Å². The zero-order valence-corrected chi connectivity index (χ0v) is 20.6. The molecule has 0 unspecified atom stereocenters. The van der Waals surface area contributed by atoms with Gasteiger partial charge in [-0.25, -0.2) is 0 Å². The van der Waals surface area contributed by atoms with E-state index in [1.807, 2.05) is 0 Å².